The Kier molecular flexibility index (Phi) is 5.50. The zero-order valence-corrected chi connectivity index (χ0v) is 17.6. The summed E-state index contributed by atoms with van der Waals surface area (Å²) in [5, 5.41) is 8.02. The zero-order valence-electron chi connectivity index (χ0n) is 17.6. The fraction of sp³-hybridized carbons (Fsp3) is 0.261. The number of rotatable bonds is 4. The molecule has 0 aliphatic carbocycles. The maximum Gasteiger partial charge on any atom is 0.150 e. The highest BCUT2D eigenvalue weighted by Gasteiger charge is 2.29. The van der Waals surface area contributed by atoms with E-state index in [0.717, 1.165) is 24.4 Å². The number of likely N-dealkylation sites (tertiary alicyclic amines) is 1. The zero-order chi connectivity index (χ0) is 22.0. The number of fused-ring (bicyclic) bond motifs is 1. The quantitative estimate of drug-likeness (QED) is 0.385. The fourth-order valence-corrected chi connectivity index (χ4v) is 3.79. The highest BCUT2D eigenvalue weighted by Crippen LogP contribution is 2.30. The largest absolute Gasteiger partial charge is 0.497 e. The van der Waals surface area contributed by atoms with Crippen molar-refractivity contribution in [3.8, 4) is 23.3 Å². The number of ether oxygens (including phenoxy) is 2. The number of hydrogen-bond donors (Lipinski definition) is 2. The lowest BCUT2D eigenvalue weighted by Crippen LogP contribution is -2.26. The van der Waals surface area contributed by atoms with Crippen LogP contribution in [0.15, 0.2) is 43.2 Å². The van der Waals surface area contributed by atoms with Crippen LogP contribution < -0.4 is 15.2 Å². The van der Waals surface area contributed by atoms with Gasteiger partial charge >= 0.3 is 0 Å². The molecule has 8 nitrogen and oxygen atoms in total. The van der Waals surface area contributed by atoms with Gasteiger partial charge in [-0.15, -0.1) is 0 Å². The van der Waals surface area contributed by atoms with Crippen LogP contribution in [0.25, 0.3) is 5.52 Å². The molecular weight excluding hydrogens is 392 g/mol. The van der Waals surface area contributed by atoms with Gasteiger partial charge in [-0.05, 0) is 30.6 Å². The van der Waals surface area contributed by atoms with Gasteiger partial charge in [-0.25, -0.2) is 9.97 Å². The number of nitrogens with zero attached hydrogens (tertiary/aromatic N) is 4. The van der Waals surface area contributed by atoms with Crippen LogP contribution in [0.3, 0.4) is 0 Å². The number of benzene rings is 1. The molecule has 8 heteroatoms. The summed E-state index contributed by atoms with van der Waals surface area (Å²) >= 11 is 0. The van der Waals surface area contributed by atoms with Crippen LogP contribution in [0.5, 0.6) is 11.5 Å². The fourth-order valence-electron chi connectivity index (χ4n) is 3.79. The smallest absolute Gasteiger partial charge is 0.150 e. The highest BCUT2D eigenvalue weighted by atomic mass is 16.5. The molecule has 1 aliphatic rings. The van der Waals surface area contributed by atoms with Crippen molar-refractivity contribution in [2.24, 2.45) is 0 Å². The minimum Gasteiger partial charge on any atom is -0.497 e. The first-order valence-corrected chi connectivity index (χ1v) is 9.87. The summed E-state index contributed by atoms with van der Waals surface area (Å²) in [7, 11) is 3.20. The Labute approximate surface area is 180 Å². The predicted molar refractivity (Wildman–Crippen MR) is 120 cm³/mol. The lowest BCUT2D eigenvalue weighted by molar-refractivity contribution is 0.394. The SMILES string of the molecule is C=CC(=N)N1CCC(c2nc(C#Cc3cc(OC)cc(OC)c3)c3c(N)nccn23)C1. The van der Waals surface area contributed by atoms with Gasteiger partial charge in [-0.3, -0.25) is 9.81 Å². The minimum absolute atomic E-state index is 0.155. The molecule has 0 saturated carbocycles. The van der Waals surface area contributed by atoms with Crippen molar-refractivity contribution in [3.05, 3.63) is 60.3 Å². The predicted octanol–water partition coefficient (Wildman–Crippen LogP) is 2.68. The van der Waals surface area contributed by atoms with E-state index in [0.29, 0.717) is 40.9 Å². The van der Waals surface area contributed by atoms with Gasteiger partial charge in [0.25, 0.3) is 0 Å². The molecule has 3 N–H and O–H groups in total. The van der Waals surface area contributed by atoms with Crippen molar-refractivity contribution >= 4 is 17.2 Å². The molecule has 1 fully saturated rings. The molecule has 0 spiro atoms. The van der Waals surface area contributed by atoms with E-state index in [2.05, 4.69) is 23.4 Å². The van der Waals surface area contributed by atoms with Gasteiger partial charge in [0, 0.05) is 43.0 Å². The molecule has 158 valence electrons. The standard InChI is InChI=1S/C23H24N6O2/c1-4-20(24)28-9-7-16(14-28)23-27-19(21-22(25)26-8-10-29(21)23)6-5-15-11-17(30-2)13-18(12-15)31-3/h4,8,10-13,16,24H,1,7,9,14H2,2-3H3,(H2,25,26). The Morgan fingerprint density at radius 2 is 2.00 bits per heavy atom. The van der Waals surface area contributed by atoms with Crippen molar-refractivity contribution in [2.75, 3.05) is 33.0 Å². The van der Waals surface area contributed by atoms with Crippen LogP contribution >= 0.6 is 0 Å². The average Bonchev–Trinajstić information content (AvgIpc) is 3.42. The number of nitrogens with two attached hydrogens (primary N) is 1. The number of anilines is 1. The van der Waals surface area contributed by atoms with E-state index >= 15 is 0 Å². The summed E-state index contributed by atoms with van der Waals surface area (Å²) in [4.78, 5) is 11.1. The van der Waals surface area contributed by atoms with Gasteiger partial charge in [0.2, 0.25) is 0 Å². The molecule has 2 aromatic heterocycles. The Balaban J connectivity index is 1.75. The summed E-state index contributed by atoms with van der Waals surface area (Å²) in [6, 6.07) is 5.47. The van der Waals surface area contributed by atoms with E-state index in [9.17, 15) is 0 Å². The number of amidine groups is 1. The van der Waals surface area contributed by atoms with Crippen LogP contribution in [0.4, 0.5) is 5.82 Å². The van der Waals surface area contributed by atoms with E-state index in [-0.39, 0.29) is 5.92 Å². The number of methoxy groups -OCH3 is 2. The normalized spacial score (nSPS) is 15.4. The first-order chi connectivity index (χ1) is 15.0. The number of aromatic nitrogens is 3. The van der Waals surface area contributed by atoms with E-state index < -0.39 is 0 Å². The minimum atomic E-state index is 0.155. The molecule has 1 atom stereocenters. The average molecular weight is 416 g/mol. The topological polar surface area (TPSA) is 102 Å². The second-order valence-electron chi connectivity index (χ2n) is 7.22. The van der Waals surface area contributed by atoms with Gasteiger partial charge < -0.3 is 20.1 Å². The first-order valence-electron chi connectivity index (χ1n) is 9.87. The Hall–Kier alpha value is -3.99. The van der Waals surface area contributed by atoms with Crippen molar-refractivity contribution in [1.82, 2.24) is 19.3 Å². The monoisotopic (exact) mass is 416 g/mol. The Bertz CT molecular complexity index is 1200. The van der Waals surface area contributed by atoms with Gasteiger partial charge in [0.1, 0.15) is 34.4 Å². The third-order valence-electron chi connectivity index (χ3n) is 5.37. The van der Waals surface area contributed by atoms with Gasteiger partial charge in [0.15, 0.2) is 5.82 Å². The molecule has 0 bridgehead atoms. The van der Waals surface area contributed by atoms with Gasteiger partial charge in [0.05, 0.1) is 14.2 Å². The summed E-state index contributed by atoms with van der Waals surface area (Å²) in [6.45, 7) is 5.19. The van der Waals surface area contributed by atoms with E-state index in [1.807, 2.05) is 27.6 Å². The van der Waals surface area contributed by atoms with Crippen LogP contribution in [0.2, 0.25) is 0 Å². The molecule has 0 amide bonds. The molecule has 0 radical (unpaired) electrons. The molecule has 4 rings (SSSR count). The second-order valence-corrected chi connectivity index (χ2v) is 7.22. The van der Waals surface area contributed by atoms with E-state index in [4.69, 9.17) is 25.6 Å². The van der Waals surface area contributed by atoms with Crippen LogP contribution in [0.1, 0.15) is 29.4 Å². The molecule has 1 unspecified atom stereocenters. The molecule has 3 heterocycles. The molecule has 3 aromatic rings. The highest BCUT2D eigenvalue weighted by molar-refractivity contribution is 5.89. The molecular formula is C23H24N6O2. The van der Waals surface area contributed by atoms with Crippen molar-refractivity contribution in [1.29, 1.82) is 5.41 Å². The van der Waals surface area contributed by atoms with Crippen molar-refractivity contribution in [2.45, 2.75) is 12.3 Å². The second kappa shape index (κ2) is 8.40. The van der Waals surface area contributed by atoms with Crippen molar-refractivity contribution < 1.29 is 9.47 Å². The Morgan fingerprint density at radius 1 is 1.26 bits per heavy atom. The van der Waals surface area contributed by atoms with E-state index in [1.54, 1.807) is 32.6 Å². The lowest BCUT2D eigenvalue weighted by Gasteiger charge is -2.16. The summed E-state index contributed by atoms with van der Waals surface area (Å²) < 4.78 is 12.6. The van der Waals surface area contributed by atoms with E-state index in [1.165, 1.54) is 0 Å². The van der Waals surface area contributed by atoms with Gasteiger partial charge in [-0.2, -0.15) is 0 Å². The molecule has 1 aliphatic heterocycles. The Morgan fingerprint density at radius 3 is 2.68 bits per heavy atom. The van der Waals surface area contributed by atoms with Crippen LogP contribution in [-0.2, 0) is 0 Å². The molecule has 1 saturated heterocycles. The molecule has 1 aromatic carbocycles. The van der Waals surface area contributed by atoms with Crippen LogP contribution in [0, 0.1) is 17.3 Å². The van der Waals surface area contributed by atoms with Crippen LogP contribution in [-0.4, -0.2) is 52.4 Å². The van der Waals surface area contributed by atoms with Gasteiger partial charge in [-0.1, -0.05) is 12.5 Å². The number of nitrogen functional groups attached to an aromatic ring is 1. The maximum atomic E-state index is 8.02. The number of imidazole rings is 1. The first kappa shape index (κ1) is 20.3. The molecule has 31 heavy (non-hydrogen) atoms. The van der Waals surface area contributed by atoms with Crippen molar-refractivity contribution in [3.63, 3.8) is 0 Å². The third kappa shape index (κ3) is 3.90. The number of nitrogens with one attached hydrogen (secondary N) is 1. The summed E-state index contributed by atoms with van der Waals surface area (Å²) in [5.74, 6) is 9.45. The summed E-state index contributed by atoms with van der Waals surface area (Å²) in [6.07, 6.45) is 5.97. The maximum absolute atomic E-state index is 8.02. The lowest BCUT2D eigenvalue weighted by atomic mass is 10.1. The number of hydrogen-bond acceptors (Lipinski definition) is 6. The summed E-state index contributed by atoms with van der Waals surface area (Å²) in [5.41, 5.74) is 8.19. The third-order valence-corrected chi connectivity index (χ3v) is 5.37.